The molecule has 2 heteroatoms. The van der Waals surface area contributed by atoms with Crippen molar-refractivity contribution in [3.63, 3.8) is 0 Å². The van der Waals surface area contributed by atoms with Crippen molar-refractivity contribution in [2.24, 2.45) is 0 Å². The van der Waals surface area contributed by atoms with E-state index in [2.05, 4.69) is 216 Å². The topological polar surface area (TPSA) is 6.48 Å². The molecule has 0 heterocycles. The molecule has 2 nitrogen and oxygen atoms in total. The van der Waals surface area contributed by atoms with Crippen LogP contribution in [0, 0.1) is 0 Å². The average molecular weight is 639 g/mol. The van der Waals surface area contributed by atoms with E-state index in [9.17, 15) is 0 Å². The Balaban J connectivity index is 1.25. The lowest BCUT2D eigenvalue weighted by molar-refractivity contribution is 1.30. The summed E-state index contributed by atoms with van der Waals surface area (Å²) in [5, 5.41) is 7.30. The highest BCUT2D eigenvalue weighted by Gasteiger charge is 2.22. The normalized spacial score (nSPS) is 11.2. The largest absolute Gasteiger partial charge is 0.310 e. The molecule has 0 aliphatic rings. The lowest BCUT2D eigenvalue weighted by Gasteiger charge is -2.29. The molecule has 0 N–H and O–H groups in total. The van der Waals surface area contributed by atoms with Crippen molar-refractivity contribution in [1.82, 2.24) is 0 Å². The van der Waals surface area contributed by atoms with E-state index >= 15 is 0 Å². The first-order chi connectivity index (χ1) is 24.8. The molecule has 0 amide bonds. The molecule has 0 bridgehead atoms. The maximum Gasteiger partial charge on any atom is 0.0618 e. The van der Waals surface area contributed by atoms with E-state index in [4.69, 9.17) is 0 Å². The van der Waals surface area contributed by atoms with Gasteiger partial charge in [-0.15, -0.1) is 0 Å². The molecule has 0 aliphatic heterocycles. The molecule has 50 heavy (non-hydrogen) atoms. The van der Waals surface area contributed by atoms with Gasteiger partial charge in [-0.2, -0.15) is 0 Å². The SMILES string of the molecule is c1ccc(N(c2ccc(-c3c4ccccc4c(N(c4ccccc4)c4ccccc4)c4ccccc34)cc2)c2cccc3ccccc23)cc1. The zero-order valence-electron chi connectivity index (χ0n) is 27.5. The smallest absolute Gasteiger partial charge is 0.0618 e. The van der Waals surface area contributed by atoms with E-state index in [1.165, 1.54) is 49.1 Å². The van der Waals surface area contributed by atoms with Crippen molar-refractivity contribution in [1.29, 1.82) is 0 Å². The Bertz CT molecular complexity index is 2480. The van der Waals surface area contributed by atoms with Crippen LogP contribution in [0.4, 0.5) is 34.1 Å². The average Bonchev–Trinajstić information content (AvgIpc) is 3.20. The van der Waals surface area contributed by atoms with Crippen LogP contribution in [0.25, 0.3) is 43.4 Å². The van der Waals surface area contributed by atoms with Crippen molar-refractivity contribution in [2.75, 3.05) is 9.80 Å². The number of hydrogen-bond acceptors (Lipinski definition) is 2. The van der Waals surface area contributed by atoms with E-state index in [1.807, 2.05) is 0 Å². The minimum Gasteiger partial charge on any atom is -0.310 e. The Morgan fingerprint density at radius 2 is 0.660 bits per heavy atom. The monoisotopic (exact) mass is 638 g/mol. The van der Waals surface area contributed by atoms with E-state index in [0.29, 0.717) is 0 Å². The maximum absolute atomic E-state index is 2.40. The summed E-state index contributed by atoms with van der Waals surface area (Å²) in [6.45, 7) is 0. The second kappa shape index (κ2) is 12.8. The van der Waals surface area contributed by atoms with E-state index < -0.39 is 0 Å². The number of benzene rings is 9. The minimum atomic E-state index is 1.11. The van der Waals surface area contributed by atoms with Gasteiger partial charge in [0.25, 0.3) is 0 Å². The highest BCUT2D eigenvalue weighted by atomic mass is 15.1. The molecule has 0 aromatic heterocycles. The standard InChI is InChI=1S/C48H34N2/c1-4-19-37(20-5-1)49(46-30-16-18-35-17-10-11-25-41(35)46)40-33-31-36(32-34-40)47-42-26-12-14-28-44(42)48(45-29-15-13-27-43(45)47)50(38-21-6-2-7-22-38)39-23-8-3-9-24-39/h1-34H. The molecule has 9 aromatic carbocycles. The molecule has 0 saturated heterocycles. The number of rotatable bonds is 7. The lowest BCUT2D eigenvalue weighted by Crippen LogP contribution is -2.11. The summed E-state index contributed by atoms with van der Waals surface area (Å²) in [5.74, 6) is 0. The minimum absolute atomic E-state index is 1.11. The zero-order chi connectivity index (χ0) is 33.3. The summed E-state index contributed by atoms with van der Waals surface area (Å²) in [5.41, 5.74) is 9.25. The maximum atomic E-state index is 2.40. The lowest BCUT2D eigenvalue weighted by atomic mass is 9.89. The molecule has 0 radical (unpaired) electrons. The summed E-state index contributed by atoms with van der Waals surface area (Å²) in [6.07, 6.45) is 0. The Kier molecular flexibility index (Phi) is 7.53. The van der Waals surface area contributed by atoms with Gasteiger partial charge in [0.05, 0.1) is 11.4 Å². The molecule has 0 aliphatic carbocycles. The van der Waals surface area contributed by atoms with Crippen molar-refractivity contribution in [2.45, 2.75) is 0 Å². The molecule has 0 atom stereocenters. The molecule has 9 aromatic rings. The summed E-state index contributed by atoms with van der Waals surface area (Å²) in [4.78, 5) is 4.77. The fourth-order valence-electron chi connectivity index (χ4n) is 7.40. The van der Waals surface area contributed by atoms with Gasteiger partial charge in [0.2, 0.25) is 0 Å². The van der Waals surface area contributed by atoms with Gasteiger partial charge in [0.1, 0.15) is 0 Å². The summed E-state index contributed by atoms with van der Waals surface area (Å²) in [6, 6.07) is 74.0. The first kappa shape index (κ1) is 29.5. The van der Waals surface area contributed by atoms with Gasteiger partial charge >= 0.3 is 0 Å². The van der Waals surface area contributed by atoms with Crippen LogP contribution in [0.2, 0.25) is 0 Å². The molecule has 236 valence electrons. The third-order valence-corrected chi connectivity index (χ3v) is 9.59. The highest BCUT2D eigenvalue weighted by Crippen LogP contribution is 2.48. The Morgan fingerprint density at radius 1 is 0.260 bits per heavy atom. The molecule has 0 saturated carbocycles. The molecule has 9 rings (SSSR count). The van der Waals surface area contributed by atoms with Gasteiger partial charge in [0.15, 0.2) is 0 Å². The van der Waals surface area contributed by atoms with Crippen LogP contribution in [0.3, 0.4) is 0 Å². The van der Waals surface area contributed by atoms with Crippen molar-refractivity contribution >= 4 is 66.4 Å². The third kappa shape index (κ3) is 5.15. The number of para-hydroxylation sites is 3. The van der Waals surface area contributed by atoms with Crippen molar-refractivity contribution in [3.8, 4) is 11.1 Å². The number of fused-ring (bicyclic) bond motifs is 3. The Hall–Kier alpha value is -6.64. The van der Waals surface area contributed by atoms with Gasteiger partial charge in [-0.1, -0.05) is 152 Å². The molecule has 0 unspecified atom stereocenters. The summed E-state index contributed by atoms with van der Waals surface area (Å²) >= 11 is 0. The third-order valence-electron chi connectivity index (χ3n) is 9.59. The van der Waals surface area contributed by atoms with Crippen molar-refractivity contribution < 1.29 is 0 Å². The summed E-state index contributed by atoms with van der Waals surface area (Å²) in [7, 11) is 0. The van der Waals surface area contributed by atoms with Crippen LogP contribution in [0.1, 0.15) is 0 Å². The Morgan fingerprint density at radius 3 is 1.20 bits per heavy atom. The van der Waals surface area contributed by atoms with E-state index in [0.717, 1.165) is 28.4 Å². The molecular weight excluding hydrogens is 605 g/mol. The van der Waals surface area contributed by atoms with Crippen LogP contribution >= 0.6 is 0 Å². The fraction of sp³-hybridized carbons (Fsp3) is 0. The van der Waals surface area contributed by atoms with Gasteiger partial charge < -0.3 is 9.80 Å². The second-order valence-corrected chi connectivity index (χ2v) is 12.5. The van der Waals surface area contributed by atoms with Crippen LogP contribution in [-0.2, 0) is 0 Å². The van der Waals surface area contributed by atoms with Crippen LogP contribution in [0.5, 0.6) is 0 Å². The fourth-order valence-corrected chi connectivity index (χ4v) is 7.40. The zero-order valence-corrected chi connectivity index (χ0v) is 27.5. The molecular formula is C48H34N2. The predicted molar refractivity (Wildman–Crippen MR) is 214 cm³/mol. The van der Waals surface area contributed by atoms with Crippen molar-refractivity contribution in [3.05, 3.63) is 206 Å². The van der Waals surface area contributed by atoms with Crippen LogP contribution in [-0.4, -0.2) is 0 Å². The highest BCUT2D eigenvalue weighted by molar-refractivity contribution is 6.22. The van der Waals surface area contributed by atoms with Gasteiger partial charge in [-0.25, -0.2) is 0 Å². The number of anilines is 6. The Labute approximate surface area is 292 Å². The number of hydrogen-bond donors (Lipinski definition) is 0. The molecule has 0 fully saturated rings. The first-order valence-corrected chi connectivity index (χ1v) is 17.1. The number of nitrogens with zero attached hydrogens (tertiary/aromatic N) is 2. The quantitative estimate of drug-likeness (QED) is 0.160. The van der Waals surface area contributed by atoms with Crippen LogP contribution in [0.15, 0.2) is 206 Å². The van der Waals surface area contributed by atoms with E-state index in [-0.39, 0.29) is 0 Å². The van der Waals surface area contributed by atoms with Gasteiger partial charge in [0, 0.05) is 38.9 Å². The van der Waals surface area contributed by atoms with Gasteiger partial charge in [-0.05, 0) is 81.9 Å². The van der Waals surface area contributed by atoms with Crippen LogP contribution < -0.4 is 9.80 Å². The van der Waals surface area contributed by atoms with E-state index in [1.54, 1.807) is 0 Å². The summed E-state index contributed by atoms with van der Waals surface area (Å²) < 4.78 is 0. The molecule has 0 spiro atoms. The van der Waals surface area contributed by atoms with Gasteiger partial charge in [-0.3, -0.25) is 0 Å². The second-order valence-electron chi connectivity index (χ2n) is 12.5. The predicted octanol–water partition coefficient (Wildman–Crippen LogP) is 13.8. The first-order valence-electron chi connectivity index (χ1n) is 17.1.